The van der Waals surface area contributed by atoms with E-state index in [1.165, 1.54) is 0 Å². The molecule has 106 valence electrons. The predicted octanol–water partition coefficient (Wildman–Crippen LogP) is 3.54. The van der Waals surface area contributed by atoms with E-state index in [1.807, 2.05) is 50.2 Å². The van der Waals surface area contributed by atoms with Crippen LogP contribution < -0.4 is 4.90 Å². The molecule has 0 saturated heterocycles. The minimum absolute atomic E-state index is 0.0400. The number of amides is 1. The Morgan fingerprint density at radius 1 is 1.05 bits per heavy atom. The molecule has 0 unspecified atom stereocenters. The molecule has 0 fully saturated rings. The van der Waals surface area contributed by atoms with Gasteiger partial charge in [0.2, 0.25) is 0 Å². The van der Waals surface area contributed by atoms with Gasteiger partial charge in [-0.05, 0) is 38.1 Å². The SMILES string of the molecule is Cc1cc(C)cc(C(=O)N2CCC(=O)c3ccccc32)c1. The zero-order valence-corrected chi connectivity index (χ0v) is 12.2. The lowest BCUT2D eigenvalue weighted by Crippen LogP contribution is -2.37. The molecule has 21 heavy (non-hydrogen) atoms. The second kappa shape index (κ2) is 5.17. The monoisotopic (exact) mass is 279 g/mol. The van der Waals surface area contributed by atoms with Crippen molar-refractivity contribution in [3.8, 4) is 0 Å². The minimum Gasteiger partial charge on any atom is -0.307 e. The fourth-order valence-corrected chi connectivity index (χ4v) is 2.88. The summed E-state index contributed by atoms with van der Waals surface area (Å²) in [5, 5.41) is 0. The Balaban J connectivity index is 2.03. The molecule has 0 aromatic heterocycles. The van der Waals surface area contributed by atoms with Gasteiger partial charge < -0.3 is 4.90 Å². The lowest BCUT2D eigenvalue weighted by Gasteiger charge is -2.28. The Labute approximate surface area is 124 Å². The fraction of sp³-hybridized carbons (Fsp3) is 0.222. The van der Waals surface area contributed by atoms with Gasteiger partial charge in [0, 0.05) is 24.1 Å². The molecule has 0 saturated carbocycles. The lowest BCUT2D eigenvalue weighted by molar-refractivity contribution is 0.0955. The second-order valence-corrected chi connectivity index (χ2v) is 5.52. The van der Waals surface area contributed by atoms with Gasteiger partial charge >= 0.3 is 0 Å². The molecule has 0 atom stereocenters. The van der Waals surface area contributed by atoms with E-state index in [1.54, 1.807) is 11.0 Å². The van der Waals surface area contributed by atoms with Crippen molar-refractivity contribution in [3.05, 3.63) is 64.7 Å². The Kier molecular flexibility index (Phi) is 3.34. The Bertz CT molecular complexity index is 713. The first-order valence-electron chi connectivity index (χ1n) is 7.08. The number of hydrogen-bond acceptors (Lipinski definition) is 2. The van der Waals surface area contributed by atoms with Crippen LogP contribution in [-0.2, 0) is 0 Å². The molecular weight excluding hydrogens is 262 g/mol. The number of ketones is 1. The minimum atomic E-state index is -0.0400. The van der Waals surface area contributed by atoms with Crippen LogP contribution in [0, 0.1) is 13.8 Å². The Hall–Kier alpha value is -2.42. The maximum absolute atomic E-state index is 12.8. The van der Waals surface area contributed by atoms with Gasteiger partial charge in [-0.15, -0.1) is 0 Å². The summed E-state index contributed by atoms with van der Waals surface area (Å²) in [5.41, 5.74) is 4.18. The quantitative estimate of drug-likeness (QED) is 0.800. The number of nitrogens with zero attached hydrogens (tertiary/aromatic N) is 1. The van der Waals surface area contributed by atoms with E-state index < -0.39 is 0 Å². The van der Waals surface area contributed by atoms with Crippen molar-refractivity contribution in [2.75, 3.05) is 11.4 Å². The van der Waals surface area contributed by atoms with Gasteiger partial charge in [-0.25, -0.2) is 0 Å². The summed E-state index contributed by atoms with van der Waals surface area (Å²) in [6.45, 7) is 4.41. The van der Waals surface area contributed by atoms with Crippen molar-refractivity contribution in [1.29, 1.82) is 0 Å². The molecule has 1 heterocycles. The van der Waals surface area contributed by atoms with Crippen LogP contribution in [-0.4, -0.2) is 18.2 Å². The number of carbonyl (C=O) groups excluding carboxylic acids is 2. The largest absolute Gasteiger partial charge is 0.307 e. The number of anilines is 1. The summed E-state index contributed by atoms with van der Waals surface area (Å²) in [6.07, 6.45) is 0.382. The predicted molar refractivity (Wildman–Crippen MR) is 83.0 cm³/mol. The van der Waals surface area contributed by atoms with E-state index in [9.17, 15) is 9.59 Å². The normalized spacial score (nSPS) is 14.0. The van der Waals surface area contributed by atoms with Crippen molar-refractivity contribution < 1.29 is 9.59 Å². The first-order valence-corrected chi connectivity index (χ1v) is 7.08. The van der Waals surface area contributed by atoms with E-state index in [4.69, 9.17) is 0 Å². The molecule has 1 amide bonds. The molecular formula is C18H17NO2. The van der Waals surface area contributed by atoms with E-state index in [0.717, 1.165) is 16.8 Å². The van der Waals surface area contributed by atoms with E-state index in [2.05, 4.69) is 0 Å². The van der Waals surface area contributed by atoms with Crippen molar-refractivity contribution in [2.45, 2.75) is 20.3 Å². The van der Waals surface area contributed by atoms with Gasteiger partial charge in [0.1, 0.15) is 0 Å². The lowest BCUT2D eigenvalue weighted by atomic mass is 9.99. The van der Waals surface area contributed by atoms with Gasteiger partial charge in [0.15, 0.2) is 5.78 Å². The second-order valence-electron chi connectivity index (χ2n) is 5.52. The highest BCUT2D eigenvalue weighted by molar-refractivity contribution is 6.13. The number of rotatable bonds is 1. The third kappa shape index (κ3) is 2.47. The van der Waals surface area contributed by atoms with Gasteiger partial charge in [-0.1, -0.05) is 29.3 Å². The first kappa shape index (κ1) is 13.6. The summed E-state index contributed by atoms with van der Waals surface area (Å²) in [5.74, 6) is 0.0665. The Morgan fingerprint density at radius 3 is 2.43 bits per heavy atom. The zero-order chi connectivity index (χ0) is 15.0. The summed E-state index contributed by atoms with van der Waals surface area (Å²) in [7, 11) is 0. The van der Waals surface area contributed by atoms with Crippen LogP contribution in [0.1, 0.15) is 38.3 Å². The topological polar surface area (TPSA) is 37.4 Å². The van der Waals surface area contributed by atoms with Crippen LogP contribution >= 0.6 is 0 Å². The van der Waals surface area contributed by atoms with Crippen LogP contribution in [0.3, 0.4) is 0 Å². The average molecular weight is 279 g/mol. The van der Waals surface area contributed by atoms with Crippen molar-refractivity contribution >= 4 is 17.4 Å². The van der Waals surface area contributed by atoms with Gasteiger partial charge in [-0.2, -0.15) is 0 Å². The van der Waals surface area contributed by atoms with Crippen LogP contribution in [0.5, 0.6) is 0 Å². The number of benzene rings is 2. The number of fused-ring (bicyclic) bond motifs is 1. The van der Waals surface area contributed by atoms with E-state index in [0.29, 0.717) is 24.1 Å². The maximum Gasteiger partial charge on any atom is 0.258 e. The molecule has 3 heteroatoms. The number of aryl methyl sites for hydroxylation is 2. The number of para-hydroxylation sites is 1. The fourth-order valence-electron chi connectivity index (χ4n) is 2.88. The molecule has 2 aromatic rings. The van der Waals surface area contributed by atoms with Crippen molar-refractivity contribution in [2.24, 2.45) is 0 Å². The number of Topliss-reactive ketones (excluding diaryl/α,β-unsaturated/α-hetero) is 1. The molecule has 0 N–H and O–H groups in total. The molecule has 0 aliphatic carbocycles. The molecule has 3 rings (SSSR count). The molecule has 0 spiro atoms. The van der Waals surface area contributed by atoms with Crippen molar-refractivity contribution in [1.82, 2.24) is 0 Å². The van der Waals surface area contributed by atoms with Crippen LogP contribution in [0.4, 0.5) is 5.69 Å². The third-order valence-electron chi connectivity index (χ3n) is 3.77. The number of hydrogen-bond donors (Lipinski definition) is 0. The zero-order valence-electron chi connectivity index (χ0n) is 12.2. The summed E-state index contributed by atoms with van der Waals surface area (Å²) >= 11 is 0. The maximum atomic E-state index is 12.8. The molecule has 0 bridgehead atoms. The van der Waals surface area contributed by atoms with Gasteiger partial charge in [0.25, 0.3) is 5.91 Å². The number of carbonyl (C=O) groups is 2. The Morgan fingerprint density at radius 2 is 1.71 bits per heavy atom. The van der Waals surface area contributed by atoms with Crippen LogP contribution in [0.15, 0.2) is 42.5 Å². The van der Waals surface area contributed by atoms with Gasteiger partial charge in [0.05, 0.1) is 5.69 Å². The van der Waals surface area contributed by atoms with E-state index in [-0.39, 0.29) is 11.7 Å². The van der Waals surface area contributed by atoms with Gasteiger partial charge in [-0.3, -0.25) is 9.59 Å². The molecule has 0 radical (unpaired) electrons. The molecule has 1 aliphatic rings. The smallest absolute Gasteiger partial charge is 0.258 e. The van der Waals surface area contributed by atoms with Crippen LogP contribution in [0.2, 0.25) is 0 Å². The highest BCUT2D eigenvalue weighted by atomic mass is 16.2. The third-order valence-corrected chi connectivity index (χ3v) is 3.77. The van der Waals surface area contributed by atoms with Crippen LogP contribution in [0.25, 0.3) is 0 Å². The molecule has 2 aromatic carbocycles. The van der Waals surface area contributed by atoms with Crippen molar-refractivity contribution in [3.63, 3.8) is 0 Å². The summed E-state index contributed by atoms with van der Waals surface area (Å²) in [4.78, 5) is 26.5. The summed E-state index contributed by atoms with van der Waals surface area (Å²) < 4.78 is 0. The first-order chi connectivity index (χ1) is 10.1. The standard InChI is InChI=1S/C18H17NO2/c1-12-9-13(2)11-14(10-12)18(21)19-8-7-17(20)15-5-3-4-6-16(15)19/h3-6,9-11H,7-8H2,1-2H3. The highest BCUT2D eigenvalue weighted by Gasteiger charge is 2.27. The summed E-state index contributed by atoms with van der Waals surface area (Å²) in [6, 6.07) is 13.2. The molecule has 1 aliphatic heterocycles. The average Bonchev–Trinajstić information content (AvgIpc) is 2.46. The van der Waals surface area contributed by atoms with E-state index >= 15 is 0 Å². The highest BCUT2D eigenvalue weighted by Crippen LogP contribution is 2.28. The molecule has 3 nitrogen and oxygen atoms in total.